The lowest BCUT2D eigenvalue weighted by Gasteiger charge is -2.29. The van der Waals surface area contributed by atoms with Gasteiger partial charge in [-0.25, -0.2) is 0 Å². The average molecular weight is 1060 g/mol. The van der Waals surface area contributed by atoms with E-state index < -0.39 is 20.0 Å². The molecule has 0 saturated carbocycles. The number of carbonyl (C=O) groups is 1. The van der Waals surface area contributed by atoms with E-state index in [1.54, 1.807) is 6.08 Å². The Labute approximate surface area is 459 Å². The van der Waals surface area contributed by atoms with E-state index >= 15 is 0 Å². The highest BCUT2D eigenvalue weighted by molar-refractivity contribution is 7.45. The maximum absolute atomic E-state index is 13.0. The lowest BCUT2D eigenvalue weighted by molar-refractivity contribution is -0.870. The molecule has 8 nitrogen and oxygen atoms in total. The molecule has 9 heteroatoms. The monoisotopic (exact) mass is 1060 g/mol. The Balaban J connectivity index is 4.17. The fourth-order valence-electron chi connectivity index (χ4n) is 9.06. The quantitative estimate of drug-likeness (QED) is 0.0272. The van der Waals surface area contributed by atoms with Gasteiger partial charge in [0.15, 0.2) is 0 Å². The van der Waals surface area contributed by atoms with Crippen LogP contribution in [0, 0.1) is 0 Å². The number of aliphatic hydroxyl groups is 1. The lowest BCUT2D eigenvalue weighted by Crippen LogP contribution is -2.45. The maximum Gasteiger partial charge on any atom is 0.268 e. The van der Waals surface area contributed by atoms with Crippen molar-refractivity contribution in [1.82, 2.24) is 5.32 Å². The van der Waals surface area contributed by atoms with Crippen molar-refractivity contribution in [3.05, 3.63) is 72.9 Å². The molecule has 0 aromatic carbocycles. The van der Waals surface area contributed by atoms with Gasteiger partial charge in [0, 0.05) is 6.42 Å². The highest BCUT2D eigenvalue weighted by Crippen LogP contribution is 2.38. The maximum atomic E-state index is 13.0. The number of hydrogen-bond donors (Lipinski definition) is 2. The van der Waals surface area contributed by atoms with Crippen LogP contribution in [0.3, 0.4) is 0 Å². The van der Waals surface area contributed by atoms with Crippen LogP contribution in [0.5, 0.6) is 0 Å². The normalized spacial score (nSPS) is 14.3. The summed E-state index contributed by atoms with van der Waals surface area (Å²) in [5.74, 6) is -0.208. The Bertz CT molecular complexity index is 1430. The first-order valence-electron chi connectivity index (χ1n) is 31.3. The summed E-state index contributed by atoms with van der Waals surface area (Å²) in [5.41, 5.74) is 0. The third-order valence-electron chi connectivity index (χ3n) is 13.9. The van der Waals surface area contributed by atoms with E-state index in [-0.39, 0.29) is 19.1 Å². The number of unbranched alkanes of at least 4 members (excludes halogenated alkanes) is 34. The molecule has 74 heavy (non-hydrogen) atoms. The van der Waals surface area contributed by atoms with Gasteiger partial charge in [-0.15, -0.1) is 0 Å². The van der Waals surface area contributed by atoms with E-state index in [0.717, 1.165) is 83.5 Å². The number of rotatable bonds is 57. The van der Waals surface area contributed by atoms with Crippen molar-refractivity contribution in [3.63, 3.8) is 0 Å². The molecule has 3 atom stereocenters. The van der Waals surface area contributed by atoms with Crippen LogP contribution in [-0.2, 0) is 18.4 Å². The summed E-state index contributed by atoms with van der Waals surface area (Å²) in [5, 5.41) is 13.9. The van der Waals surface area contributed by atoms with Gasteiger partial charge in [-0.2, -0.15) is 0 Å². The fourth-order valence-corrected chi connectivity index (χ4v) is 9.79. The summed E-state index contributed by atoms with van der Waals surface area (Å²) in [6, 6.07) is -0.898. The lowest BCUT2D eigenvalue weighted by atomic mass is 10.0. The van der Waals surface area contributed by atoms with Crippen LogP contribution in [0.25, 0.3) is 0 Å². The van der Waals surface area contributed by atoms with Crippen molar-refractivity contribution in [2.24, 2.45) is 0 Å². The van der Waals surface area contributed by atoms with E-state index in [1.807, 2.05) is 27.2 Å². The van der Waals surface area contributed by atoms with Crippen LogP contribution in [0.15, 0.2) is 72.9 Å². The van der Waals surface area contributed by atoms with Crippen LogP contribution < -0.4 is 10.2 Å². The van der Waals surface area contributed by atoms with E-state index in [2.05, 4.69) is 79.9 Å². The minimum absolute atomic E-state index is 0.00624. The number of phosphoric ester groups is 1. The van der Waals surface area contributed by atoms with Gasteiger partial charge in [-0.05, 0) is 64.2 Å². The van der Waals surface area contributed by atoms with E-state index in [1.165, 1.54) is 180 Å². The molecular formula is C65H121N2O6P. The van der Waals surface area contributed by atoms with Crippen molar-refractivity contribution < 1.29 is 32.9 Å². The zero-order valence-corrected chi connectivity index (χ0v) is 50.2. The van der Waals surface area contributed by atoms with Gasteiger partial charge in [0.05, 0.1) is 39.9 Å². The summed E-state index contributed by atoms with van der Waals surface area (Å²) < 4.78 is 23.4. The summed E-state index contributed by atoms with van der Waals surface area (Å²) in [4.78, 5) is 25.6. The highest BCUT2D eigenvalue weighted by atomic mass is 31.2. The predicted molar refractivity (Wildman–Crippen MR) is 320 cm³/mol. The molecule has 0 fully saturated rings. The number of allylic oxidation sites excluding steroid dienone is 11. The molecule has 0 aromatic rings. The highest BCUT2D eigenvalue weighted by Gasteiger charge is 2.23. The standard InChI is InChI=1S/C65H121N2O6P/c1-6-8-10-12-14-16-18-20-22-24-26-28-30-31-32-33-34-35-37-38-40-42-44-46-48-50-52-54-56-58-64(68)63(62-73-74(70,71)72-61-60-67(3,4)5)66-65(69)59-57-55-53-51-49-47-45-43-41-39-36-29-27-25-23-21-19-17-15-13-11-9-7-2/h9,11,15,17,21,23,27,29,39,41,56,58,63-64,68H,6-8,10,12-14,16,18-20,22,24-26,28,30-38,40,42-55,57,59-62H2,1-5H3,(H-,66,69,70,71)/b11-9-,17-15-,23-21-,29-27-,41-39-,58-56+. The number of quaternary nitrogens is 1. The van der Waals surface area contributed by atoms with Crippen molar-refractivity contribution in [1.29, 1.82) is 0 Å². The Morgan fingerprint density at radius 1 is 0.486 bits per heavy atom. The molecule has 1 amide bonds. The Hall–Kier alpha value is -2.06. The topological polar surface area (TPSA) is 108 Å². The first-order chi connectivity index (χ1) is 36.0. The van der Waals surface area contributed by atoms with Crippen LogP contribution in [-0.4, -0.2) is 68.5 Å². The van der Waals surface area contributed by atoms with Crippen LogP contribution in [0.2, 0.25) is 0 Å². The molecule has 0 aliphatic heterocycles. The van der Waals surface area contributed by atoms with Crippen LogP contribution in [0.4, 0.5) is 0 Å². The fraction of sp³-hybridized carbons (Fsp3) is 0.800. The molecule has 0 aliphatic rings. The zero-order valence-electron chi connectivity index (χ0n) is 49.3. The predicted octanol–water partition coefficient (Wildman–Crippen LogP) is 18.8. The first-order valence-corrected chi connectivity index (χ1v) is 32.8. The smallest absolute Gasteiger partial charge is 0.268 e. The van der Waals surface area contributed by atoms with Gasteiger partial charge in [0.1, 0.15) is 13.2 Å². The Morgan fingerprint density at radius 2 is 0.824 bits per heavy atom. The van der Waals surface area contributed by atoms with Gasteiger partial charge < -0.3 is 28.8 Å². The molecule has 0 spiro atoms. The third-order valence-corrected chi connectivity index (χ3v) is 14.9. The summed E-state index contributed by atoms with van der Waals surface area (Å²) >= 11 is 0. The second kappa shape index (κ2) is 55.7. The molecule has 0 aliphatic carbocycles. The molecule has 0 radical (unpaired) electrons. The number of aliphatic hydroxyl groups excluding tert-OH is 1. The second-order valence-electron chi connectivity index (χ2n) is 22.4. The number of carbonyl (C=O) groups excluding carboxylic acids is 1. The number of nitrogens with zero attached hydrogens (tertiary/aromatic N) is 1. The number of amides is 1. The average Bonchev–Trinajstić information content (AvgIpc) is 3.36. The number of phosphoric acid groups is 1. The zero-order chi connectivity index (χ0) is 54.2. The molecule has 432 valence electrons. The molecular weight excluding hydrogens is 936 g/mol. The van der Waals surface area contributed by atoms with Crippen LogP contribution in [0.1, 0.15) is 284 Å². The summed E-state index contributed by atoms with van der Waals surface area (Å²) in [6.45, 7) is 4.55. The van der Waals surface area contributed by atoms with Crippen molar-refractivity contribution in [2.75, 3.05) is 40.9 Å². The van der Waals surface area contributed by atoms with Gasteiger partial charge in [0.25, 0.3) is 7.82 Å². The molecule has 0 aromatic heterocycles. The van der Waals surface area contributed by atoms with Gasteiger partial charge in [-0.1, -0.05) is 286 Å². The first kappa shape index (κ1) is 71.9. The van der Waals surface area contributed by atoms with Crippen LogP contribution >= 0.6 is 7.82 Å². The second-order valence-corrected chi connectivity index (χ2v) is 23.8. The van der Waals surface area contributed by atoms with Gasteiger partial charge >= 0.3 is 0 Å². The third kappa shape index (κ3) is 57.6. The van der Waals surface area contributed by atoms with Crippen molar-refractivity contribution >= 4 is 13.7 Å². The Morgan fingerprint density at radius 3 is 1.20 bits per heavy atom. The largest absolute Gasteiger partial charge is 0.756 e. The summed E-state index contributed by atoms with van der Waals surface area (Å²) in [7, 11) is 1.25. The van der Waals surface area contributed by atoms with E-state index in [0.29, 0.717) is 17.4 Å². The molecule has 3 unspecified atom stereocenters. The van der Waals surface area contributed by atoms with Crippen molar-refractivity contribution in [2.45, 2.75) is 296 Å². The molecule has 0 saturated heterocycles. The van der Waals surface area contributed by atoms with E-state index in [4.69, 9.17) is 9.05 Å². The van der Waals surface area contributed by atoms with E-state index in [9.17, 15) is 19.4 Å². The SMILES string of the molecule is CC/C=C\C/C=C\C/C=C\C/C=C\C/C=C\CCCCCCCCCC(=O)NC(COP(=O)([O-])OCC[N+](C)(C)C)C(O)/C=C/CCCCCCCCCCCCCCCCCCCCCCCCCCCCC. The van der Waals surface area contributed by atoms with Gasteiger partial charge in [-0.3, -0.25) is 9.36 Å². The minimum Gasteiger partial charge on any atom is -0.756 e. The number of nitrogens with one attached hydrogen (secondary N) is 1. The molecule has 0 heterocycles. The molecule has 0 bridgehead atoms. The molecule has 0 rings (SSSR count). The molecule has 2 N–H and O–H groups in total. The van der Waals surface area contributed by atoms with Crippen molar-refractivity contribution in [3.8, 4) is 0 Å². The summed E-state index contributed by atoms with van der Waals surface area (Å²) in [6.07, 6.45) is 77.1. The number of likely N-dealkylation sites (N-methyl/N-ethyl adjacent to an activating group) is 1. The number of hydrogen-bond acceptors (Lipinski definition) is 6. The van der Waals surface area contributed by atoms with Gasteiger partial charge in [0.2, 0.25) is 5.91 Å². The minimum atomic E-state index is -4.61. The Kier molecular flexibility index (Phi) is 54.1.